The molecule has 0 saturated carbocycles. The van der Waals surface area contributed by atoms with E-state index in [1.54, 1.807) is 30.3 Å². The van der Waals surface area contributed by atoms with Crippen molar-refractivity contribution < 1.29 is 17.9 Å². The number of nitriles is 1. The molecule has 0 spiro atoms. The number of hydrogen-bond donors (Lipinski definition) is 1. The third-order valence-corrected chi connectivity index (χ3v) is 8.47. The molecule has 5 rings (SSSR count). The molecule has 11 nitrogen and oxygen atoms in total. The highest BCUT2D eigenvalue weighted by Gasteiger charge is 2.37. The molecule has 1 atom stereocenters. The zero-order chi connectivity index (χ0) is 26.9. The number of amides is 1. The van der Waals surface area contributed by atoms with Gasteiger partial charge in [-0.25, -0.2) is 18.4 Å². The Morgan fingerprint density at radius 1 is 1.16 bits per heavy atom. The molecule has 13 heteroatoms. The number of aromatic amines is 1. The maximum Gasteiger partial charge on any atom is 0.291 e. The Morgan fingerprint density at radius 3 is 2.61 bits per heavy atom. The van der Waals surface area contributed by atoms with Gasteiger partial charge in [0.1, 0.15) is 5.03 Å². The van der Waals surface area contributed by atoms with Crippen molar-refractivity contribution in [3.05, 3.63) is 77.2 Å². The highest BCUT2D eigenvalue weighted by Crippen LogP contribution is 2.27. The number of aromatic nitrogens is 4. The van der Waals surface area contributed by atoms with Gasteiger partial charge in [0.05, 0.1) is 6.07 Å². The van der Waals surface area contributed by atoms with Crippen molar-refractivity contribution in [1.82, 2.24) is 24.2 Å². The van der Waals surface area contributed by atoms with Crippen LogP contribution in [0.25, 0.3) is 22.0 Å². The van der Waals surface area contributed by atoms with Gasteiger partial charge in [0.2, 0.25) is 5.82 Å². The minimum absolute atomic E-state index is 0.0309. The fourth-order valence-corrected chi connectivity index (χ4v) is 6.13. The van der Waals surface area contributed by atoms with Crippen molar-refractivity contribution in [3.8, 4) is 17.2 Å². The molecule has 1 unspecified atom stereocenters. The first kappa shape index (κ1) is 25.6. The molecule has 0 aliphatic carbocycles. The fourth-order valence-electron chi connectivity index (χ4n) is 4.47. The van der Waals surface area contributed by atoms with Gasteiger partial charge in [-0.1, -0.05) is 11.6 Å². The maximum absolute atomic E-state index is 13.4. The van der Waals surface area contributed by atoms with E-state index in [-0.39, 0.29) is 36.9 Å². The number of H-pyrrole nitrogens is 1. The Hall–Kier alpha value is -4.05. The molecular weight excluding hydrogens is 530 g/mol. The molecule has 1 N–H and O–H groups in total. The number of sulfonamides is 1. The van der Waals surface area contributed by atoms with E-state index in [0.717, 1.165) is 5.56 Å². The predicted octanol–water partition coefficient (Wildman–Crippen LogP) is 2.73. The van der Waals surface area contributed by atoms with Crippen LogP contribution in [-0.2, 0) is 10.0 Å². The lowest BCUT2D eigenvalue weighted by atomic mass is 10.1. The maximum atomic E-state index is 13.4. The first-order valence-electron chi connectivity index (χ1n) is 11.7. The molecule has 1 aliphatic rings. The van der Waals surface area contributed by atoms with E-state index in [2.05, 4.69) is 21.0 Å². The number of piperazine rings is 1. The SMILES string of the molecule is N#CCCC1CN(S(=O)(=O)c2cc3cc(Cl)ccc3[nH]2)CCN1C(=O)c1ncc(-c2cc[n+]([O-])cc2)cn1. The Balaban J connectivity index is 1.36. The first-order valence-corrected chi connectivity index (χ1v) is 13.6. The van der Waals surface area contributed by atoms with Crippen molar-refractivity contribution in [3.63, 3.8) is 0 Å². The van der Waals surface area contributed by atoms with Crippen LogP contribution in [0.3, 0.4) is 0 Å². The number of carbonyl (C=O) groups excluding carboxylic acids is 1. The van der Waals surface area contributed by atoms with Crippen LogP contribution in [0, 0.1) is 16.5 Å². The van der Waals surface area contributed by atoms with Crippen LogP contribution in [0.5, 0.6) is 0 Å². The lowest BCUT2D eigenvalue weighted by molar-refractivity contribution is -0.605. The van der Waals surface area contributed by atoms with Gasteiger partial charge < -0.3 is 15.1 Å². The zero-order valence-electron chi connectivity index (χ0n) is 20.0. The minimum atomic E-state index is -3.89. The molecule has 3 aromatic heterocycles. The van der Waals surface area contributed by atoms with Crippen molar-refractivity contribution in [1.29, 1.82) is 5.26 Å². The second kappa shape index (κ2) is 10.4. The fraction of sp³-hybridized carbons (Fsp3) is 0.240. The molecule has 1 fully saturated rings. The quantitative estimate of drug-likeness (QED) is 0.286. The molecule has 1 aromatic carbocycles. The Labute approximate surface area is 223 Å². The normalized spacial score (nSPS) is 16.4. The number of fused-ring (bicyclic) bond motifs is 1. The Morgan fingerprint density at radius 2 is 1.89 bits per heavy atom. The number of rotatable bonds is 6. The van der Waals surface area contributed by atoms with E-state index in [1.165, 1.54) is 40.1 Å². The number of nitrogens with one attached hydrogen (secondary N) is 1. The minimum Gasteiger partial charge on any atom is -0.619 e. The van der Waals surface area contributed by atoms with Gasteiger partial charge in [0.15, 0.2) is 12.4 Å². The lowest BCUT2D eigenvalue weighted by Crippen LogP contribution is -2.56. The molecule has 194 valence electrons. The van der Waals surface area contributed by atoms with Crippen molar-refractivity contribution >= 4 is 38.4 Å². The summed E-state index contributed by atoms with van der Waals surface area (Å²) >= 11 is 6.04. The number of carbonyl (C=O) groups is 1. The molecule has 0 bridgehead atoms. The zero-order valence-corrected chi connectivity index (χ0v) is 21.6. The molecule has 4 heterocycles. The summed E-state index contributed by atoms with van der Waals surface area (Å²) in [5, 5.41) is 21.6. The highest BCUT2D eigenvalue weighted by molar-refractivity contribution is 7.89. The van der Waals surface area contributed by atoms with Crippen molar-refractivity contribution in [2.45, 2.75) is 23.9 Å². The van der Waals surface area contributed by atoms with Crippen LogP contribution in [-0.4, -0.2) is 64.2 Å². The summed E-state index contributed by atoms with van der Waals surface area (Å²) in [6.07, 6.45) is 6.16. The van der Waals surface area contributed by atoms with Gasteiger partial charge in [-0.2, -0.15) is 14.3 Å². The molecule has 1 saturated heterocycles. The van der Waals surface area contributed by atoms with Crippen LogP contribution in [0.4, 0.5) is 0 Å². The lowest BCUT2D eigenvalue weighted by Gasteiger charge is -2.40. The summed E-state index contributed by atoms with van der Waals surface area (Å²) in [6, 6.07) is 11.4. The van der Waals surface area contributed by atoms with Gasteiger partial charge >= 0.3 is 0 Å². The van der Waals surface area contributed by atoms with E-state index >= 15 is 0 Å². The monoisotopic (exact) mass is 551 g/mol. The summed E-state index contributed by atoms with van der Waals surface area (Å²) in [4.78, 5) is 26.2. The number of nitrogens with zero attached hydrogens (tertiary/aromatic N) is 6. The molecular formula is C25H22ClN7O4S. The van der Waals surface area contributed by atoms with Crippen LogP contribution in [0.15, 0.2) is 66.2 Å². The number of hydrogen-bond acceptors (Lipinski definition) is 7. The summed E-state index contributed by atoms with van der Waals surface area (Å²) in [6.45, 7) is 0.223. The van der Waals surface area contributed by atoms with Crippen LogP contribution >= 0.6 is 11.6 Å². The number of pyridine rings is 1. The van der Waals surface area contributed by atoms with Gasteiger partial charge in [-0.15, -0.1) is 0 Å². The molecule has 4 aromatic rings. The second-order valence-corrected chi connectivity index (χ2v) is 11.2. The average molecular weight is 552 g/mol. The summed E-state index contributed by atoms with van der Waals surface area (Å²) in [5.74, 6) is -0.475. The van der Waals surface area contributed by atoms with E-state index in [0.29, 0.717) is 32.6 Å². The van der Waals surface area contributed by atoms with Crippen LogP contribution < -0.4 is 4.73 Å². The molecule has 0 radical (unpaired) electrons. The standard InChI is InChI=1S/C25H22ClN7O4S/c26-20-3-4-22-18(12-20)13-23(30-22)38(36,37)32-10-11-33(21(16-32)2-1-7-27)25(34)24-28-14-19(15-29-24)17-5-8-31(35)9-6-17/h3-6,8-9,12-15,21,30H,1-2,10-11,16H2. The van der Waals surface area contributed by atoms with E-state index in [4.69, 9.17) is 16.9 Å². The average Bonchev–Trinajstić information content (AvgIpc) is 3.36. The number of halogens is 1. The van der Waals surface area contributed by atoms with E-state index in [1.807, 2.05) is 0 Å². The predicted molar refractivity (Wildman–Crippen MR) is 138 cm³/mol. The highest BCUT2D eigenvalue weighted by atomic mass is 35.5. The summed E-state index contributed by atoms with van der Waals surface area (Å²) in [5.41, 5.74) is 2.01. The van der Waals surface area contributed by atoms with Crippen LogP contribution in [0.2, 0.25) is 5.02 Å². The smallest absolute Gasteiger partial charge is 0.291 e. The first-order chi connectivity index (χ1) is 18.3. The Kier molecular flexibility index (Phi) is 6.98. The summed E-state index contributed by atoms with van der Waals surface area (Å²) in [7, 11) is -3.89. The van der Waals surface area contributed by atoms with E-state index < -0.39 is 22.0 Å². The molecule has 38 heavy (non-hydrogen) atoms. The summed E-state index contributed by atoms with van der Waals surface area (Å²) < 4.78 is 28.9. The van der Waals surface area contributed by atoms with Gasteiger partial charge in [-0.3, -0.25) is 4.79 Å². The Bertz CT molecular complexity index is 1630. The van der Waals surface area contributed by atoms with Crippen LogP contribution in [0.1, 0.15) is 23.5 Å². The molecule has 1 amide bonds. The van der Waals surface area contributed by atoms with Crippen molar-refractivity contribution in [2.24, 2.45) is 0 Å². The topological polar surface area (TPSA) is 150 Å². The molecule has 1 aliphatic heterocycles. The third kappa shape index (κ3) is 5.04. The van der Waals surface area contributed by atoms with E-state index in [9.17, 15) is 18.4 Å². The second-order valence-electron chi connectivity index (χ2n) is 8.82. The number of benzene rings is 1. The third-order valence-electron chi connectivity index (χ3n) is 6.45. The van der Waals surface area contributed by atoms with Gasteiger partial charge in [0, 0.05) is 78.1 Å². The largest absolute Gasteiger partial charge is 0.619 e. The van der Waals surface area contributed by atoms with Gasteiger partial charge in [0.25, 0.3) is 15.9 Å². The van der Waals surface area contributed by atoms with Gasteiger partial charge in [-0.05, 0) is 36.2 Å². The van der Waals surface area contributed by atoms with Crippen molar-refractivity contribution in [2.75, 3.05) is 19.6 Å².